The Kier molecular flexibility index (Phi) is 4.58. The first-order valence-corrected chi connectivity index (χ1v) is 5.39. The van der Waals surface area contributed by atoms with Crippen molar-refractivity contribution >= 4 is 0 Å². The zero-order chi connectivity index (χ0) is 10.6. The molecule has 1 fully saturated rings. The van der Waals surface area contributed by atoms with Gasteiger partial charge in [0.2, 0.25) is 0 Å². The molecule has 0 aromatic carbocycles. The lowest BCUT2D eigenvalue weighted by molar-refractivity contribution is 0.229. The number of likely N-dealkylation sites (tertiary alicyclic amines) is 1. The fourth-order valence-corrected chi connectivity index (χ4v) is 2.08. The van der Waals surface area contributed by atoms with E-state index < -0.39 is 0 Å². The first-order valence-electron chi connectivity index (χ1n) is 5.39. The Hall–Kier alpha value is -0.380. The van der Waals surface area contributed by atoms with Gasteiger partial charge in [-0.1, -0.05) is 6.58 Å². The average molecular weight is 197 g/mol. The molecule has 0 amide bonds. The largest absolute Gasteiger partial charge is 0.327 e. The minimum atomic E-state index is 0.602. The SMILES string of the molecule is C=C(CN)CN(C)CC1CCCN1C. The van der Waals surface area contributed by atoms with Gasteiger partial charge in [0.05, 0.1) is 0 Å². The van der Waals surface area contributed by atoms with Crippen molar-refractivity contribution in [1.82, 2.24) is 9.80 Å². The molecule has 0 aliphatic carbocycles. The van der Waals surface area contributed by atoms with Crippen molar-refractivity contribution in [3.05, 3.63) is 12.2 Å². The molecule has 3 heteroatoms. The molecule has 1 heterocycles. The van der Waals surface area contributed by atoms with Gasteiger partial charge in [-0.05, 0) is 39.1 Å². The average Bonchev–Trinajstić information content (AvgIpc) is 2.51. The second kappa shape index (κ2) is 5.49. The van der Waals surface area contributed by atoms with E-state index in [1.807, 2.05) is 0 Å². The van der Waals surface area contributed by atoms with Crippen molar-refractivity contribution in [3.63, 3.8) is 0 Å². The van der Waals surface area contributed by atoms with Gasteiger partial charge in [0, 0.05) is 25.7 Å². The second-order valence-corrected chi connectivity index (χ2v) is 4.43. The van der Waals surface area contributed by atoms with Crippen molar-refractivity contribution in [1.29, 1.82) is 0 Å². The van der Waals surface area contributed by atoms with Gasteiger partial charge in [-0.2, -0.15) is 0 Å². The van der Waals surface area contributed by atoms with Gasteiger partial charge in [0.15, 0.2) is 0 Å². The minimum Gasteiger partial charge on any atom is -0.327 e. The normalized spacial score (nSPS) is 23.3. The Balaban J connectivity index is 2.25. The van der Waals surface area contributed by atoms with Crippen LogP contribution >= 0.6 is 0 Å². The predicted molar refractivity (Wildman–Crippen MR) is 61.3 cm³/mol. The topological polar surface area (TPSA) is 32.5 Å². The summed E-state index contributed by atoms with van der Waals surface area (Å²) in [7, 11) is 4.36. The van der Waals surface area contributed by atoms with Crippen molar-refractivity contribution in [2.75, 3.05) is 40.3 Å². The maximum atomic E-state index is 5.52. The lowest BCUT2D eigenvalue weighted by atomic mass is 10.2. The first kappa shape index (κ1) is 11.7. The highest BCUT2D eigenvalue weighted by Crippen LogP contribution is 2.15. The Bertz CT molecular complexity index is 191. The van der Waals surface area contributed by atoms with E-state index in [-0.39, 0.29) is 0 Å². The maximum absolute atomic E-state index is 5.52. The van der Waals surface area contributed by atoms with E-state index in [0.717, 1.165) is 24.7 Å². The van der Waals surface area contributed by atoms with Crippen LogP contribution in [0.4, 0.5) is 0 Å². The van der Waals surface area contributed by atoms with Gasteiger partial charge in [-0.3, -0.25) is 0 Å². The number of hydrogen-bond acceptors (Lipinski definition) is 3. The summed E-state index contributed by atoms with van der Waals surface area (Å²) < 4.78 is 0. The summed E-state index contributed by atoms with van der Waals surface area (Å²) in [6, 6.07) is 0.727. The highest BCUT2D eigenvalue weighted by molar-refractivity contribution is 4.98. The van der Waals surface area contributed by atoms with E-state index in [2.05, 4.69) is 30.5 Å². The predicted octanol–water partition coefficient (Wildman–Crippen LogP) is 0.527. The summed E-state index contributed by atoms with van der Waals surface area (Å²) in [6.45, 7) is 7.84. The summed E-state index contributed by atoms with van der Waals surface area (Å²) in [6.07, 6.45) is 2.67. The summed E-state index contributed by atoms with van der Waals surface area (Å²) in [5, 5.41) is 0. The third-order valence-electron chi connectivity index (χ3n) is 2.98. The number of nitrogens with two attached hydrogens (primary N) is 1. The van der Waals surface area contributed by atoms with Crippen LogP contribution < -0.4 is 5.73 Å². The molecule has 82 valence electrons. The van der Waals surface area contributed by atoms with Crippen LogP contribution in [0.25, 0.3) is 0 Å². The maximum Gasteiger partial charge on any atom is 0.0220 e. The highest BCUT2D eigenvalue weighted by atomic mass is 15.2. The number of likely N-dealkylation sites (N-methyl/N-ethyl adjacent to an activating group) is 2. The third kappa shape index (κ3) is 3.40. The van der Waals surface area contributed by atoms with Gasteiger partial charge >= 0.3 is 0 Å². The third-order valence-corrected chi connectivity index (χ3v) is 2.98. The summed E-state index contributed by atoms with van der Waals surface area (Å²) >= 11 is 0. The highest BCUT2D eigenvalue weighted by Gasteiger charge is 2.21. The molecule has 0 saturated carbocycles. The van der Waals surface area contributed by atoms with E-state index >= 15 is 0 Å². The van der Waals surface area contributed by atoms with Crippen LogP contribution in [0.3, 0.4) is 0 Å². The molecule has 0 aromatic heterocycles. The van der Waals surface area contributed by atoms with Crippen molar-refractivity contribution in [2.45, 2.75) is 18.9 Å². The Labute approximate surface area is 87.6 Å². The van der Waals surface area contributed by atoms with Gasteiger partial charge in [-0.25, -0.2) is 0 Å². The Morgan fingerprint density at radius 2 is 2.36 bits per heavy atom. The smallest absolute Gasteiger partial charge is 0.0220 e. The van der Waals surface area contributed by atoms with Gasteiger partial charge in [0.1, 0.15) is 0 Å². The van der Waals surface area contributed by atoms with Gasteiger partial charge in [-0.15, -0.1) is 0 Å². The zero-order valence-corrected chi connectivity index (χ0v) is 9.50. The molecule has 1 rings (SSSR count). The van der Waals surface area contributed by atoms with E-state index in [1.165, 1.54) is 19.4 Å². The standard InChI is InChI=1S/C11H23N3/c1-10(7-12)8-13(2)9-11-5-4-6-14(11)3/h11H,1,4-9,12H2,2-3H3. The van der Waals surface area contributed by atoms with Crippen molar-refractivity contribution < 1.29 is 0 Å². The molecule has 14 heavy (non-hydrogen) atoms. The minimum absolute atomic E-state index is 0.602. The zero-order valence-electron chi connectivity index (χ0n) is 9.50. The Morgan fingerprint density at radius 1 is 1.64 bits per heavy atom. The number of rotatable bonds is 5. The summed E-state index contributed by atoms with van der Waals surface area (Å²) in [5.41, 5.74) is 6.64. The van der Waals surface area contributed by atoms with E-state index in [1.54, 1.807) is 0 Å². The molecule has 1 unspecified atom stereocenters. The molecule has 0 aromatic rings. The van der Waals surface area contributed by atoms with E-state index in [0.29, 0.717) is 6.54 Å². The molecule has 2 N–H and O–H groups in total. The fourth-order valence-electron chi connectivity index (χ4n) is 2.08. The van der Waals surface area contributed by atoms with Crippen molar-refractivity contribution in [2.24, 2.45) is 5.73 Å². The van der Waals surface area contributed by atoms with Crippen LogP contribution in [0.1, 0.15) is 12.8 Å². The van der Waals surface area contributed by atoms with Crippen LogP contribution in [0.5, 0.6) is 0 Å². The summed E-state index contributed by atoms with van der Waals surface area (Å²) in [5.74, 6) is 0. The quantitative estimate of drug-likeness (QED) is 0.653. The molecule has 1 aliphatic heterocycles. The lowest BCUT2D eigenvalue weighted by Crippen LogP contribution is -2.37. The van der Waals surface area contributed by atoms with Crippen LogP contribution in [-0.2, 0) is 0 Å². The van der Waals surface area contributed by atoms with Gasteiger partial charge in [0.25, 0.3) is 0 Å². The molecular formula is C11H23N3. The van der Waals surface area contributed by atoms with E-state index in [4.69, 9.17) is 5.73 Å². The fraction of sp³-hybridized carbons (Fsp3) is 0.818. The number of nitrogens with zero attached hydrogens (tertiary/aromatic N) is 2. The second-order valence-electron chi connectivity index (χ2n) is 4.43. The van der Waals surface area contributed by atoms with E-state index in [9.17, 15) is 0 Å². The van der Waals surface area contributed by atoms with Crippen LogP contribution in [0.15, 0.2) is 12.2 Å². The number of hydrogen-bond donors (Lipinski definition) is 1. The van der Waals surface area contributed by atoms with Gasteiger partial charge < -0.3 is 15.5 Å². The first-order chi connectivity index (χ1) is 6.63. The molecule has 0 radical (unpaired) electrons. The van der Waals surface area contributed by atoms with Crippen LogP contribution in [0, 0.1) is 0 Å². The summed E-state index contributed by atoms with van der Waals surface area (Å²) in [4.78, 5) is 4.77. The van der Waals surface area contributed by atoms with Crippen LogP contribution in [0.2, 0.25) is 0 Å². The molecule has 1 atom stereocenters. The molecular weight excluding hydrogens is 174 g/mol. The van der Waals surface area contributed by atoms with Crippen LogP contribution in [-0.4, -0.2) is 56.1 Å². The molecule has 0 spiro atoms. The molecule has 1 aliphatic rings. The molecule has 1 saturated heterocycles. The molecule has 3 nitrogen and oxygen atoms in total. The monoisotopic (exact) mass is 197 g/mol. The Morgan fingerprint density at radius 3 is 2.86 bits per heavy atom. The van der Waals surface area contributed by atoms with Crippen molar-refractivity contribution in [3.8, 4) is 0 Å². The lowest BCUT2D eigenvalue weighted by Gasteiger charge is -2.26. The molecule has 0 bridgehead atoms.